The minimum Gasteiger partial charge on any atom is -0.463 e. The number of hydrogen-bond acceptors (Lipinski definition) is 4. The first-order chi connectivity index (χ1) is 11.4. The van der Waals surface area contributed by atoms with Gasteiger partial charge in [-0.15, -0.1) is 0 Å². The first kappa shape index (κ1) is 16.5. The topological polar surface area (TPSA) is 55.4 Å². The van der Waals surface area contributed by atoms with Crippen LogP contribution in [0.5, 0.6) is 0 Å². The van der Waals surface area contributed by atoms with Crippen molar-refractivity contribution in [1.82, 2.24) is 0 Å². The van der Waals surface area contributed by atoms with E-state index in [9.17, 15) is 9.59 Å². The fourth-order valence-electron chi connectivity index (χ4n) is 3.37. The first-order valence-corrected chi connectivity index (χ1v) is 8.38. The zero-order valence-electron chi connectivity index (χ0n) is 14.4. The van der Waals surface area contributed by atoms with Crippen LogP contribution in [-0.4, -0.2) is 18.4 Å². The summed E-state index contributed by atoms with van der Waals surface area (Å²) >= 11 is 0. The lowest BCUT2D eigenvalue weighted by molar-refractivity contribution is -0.138. The number of nitrogens with one attached hydrogen (secondary N) is 1. The number of Topliss-reactive ketones (excluding diaryl/α,β-unsaturated/α-hetero) is 1. The maximum atomic E-state index is 12.7. The molecule has 0 radical (unpaired) electrons. The summed E-state index contributed by atoms with van der Waals surface area (Å²) in [6.45, 7) is 6.31. The molecule has 1 N–H and O–H groups in total. The van der Waals surface area contributed by atoms with E-state index in [-0.39, 0.29) is 17.2 Å². The molecule has 1 heterocycles. The molecule has 0 fully saturated rings. The molecular formula is C20H23NO3. The molecule has 4 nitrogen and oxygen atoms in total. The van der Waals surface area contributed by atoms with Crippen molar-refractivity contribution in [2.75, 3.05) is 11.9 Å². The van der Waals surface area contributed by atoms with Gasteiger partial charge >= 0.3 is 5.97 Å². The Morgan fingerprint density at radius 2 is 2.00 bits per heavy atom. The summed E-state index contributed by atoms with van der Waals surface area (Å²) in [6.07, 6.45) is 3.45. The van der Waals surface area contributed by atoms with E-state index >= 15 is 0 Å². The van der Waals surface area contributed by atoms with Crippen LogP contribution in [0.25, 0.3) is 6.08 Å². The van der Waals surface area contributed by atoms with Gasteiger partial charge in [0.15, 0.2) is 5.78 Å². The van der Waals surface area contributed by atoms with E-state index in [4.69, 9.17) is 4.74 Å². The first-order valence-electron chi connectivity index (χ1n) is 8.38. The van der Waals surface area contributed by atoms with Crippen LogP contribution in [0, 0.1) is 5.41 Å². The van der Waals surface area contributed by atoms with Gasteiger partial charge in [-0.05, 0) is 36.5 Å². The Hall–Kier alpha value is -2.36. The van der Waals surface area contributed by atoms with Crippen molar-refractivity contribution in [3.05, 3.63) is 46.7 Å². The Balaban J connectivity index is 2.11. The second-order valence-electron chi connectivity index (χ2n) is 7.18. The molecule has 0 unspecified atom stereocenters. The number of ether oxygens (including phenoxy) is 1. The lowest BCUT2D eigenvalue weighted by Crippen LogP contribution is -2.29. The van der Waals surface area contributed by atoms with Crippen LogP contribution in [0.1, 0.15) is 45.6 Å². The van der Waals surface area contributed by atoms with E-state index in [2.05, 4.69) is 19.2 Å². The van der Waals surface area contributed by atoms with Crippen molar-refractivity contribution in [3.8, 4) is 0 Å². The van der Waals surface area contributed by atoms with Gasteiger partial charge in [-0.1, -0.05) is 32.0 Å². The Labute approximate surface area is 142 Å². The molecule has 0 amide bonds. The zero-order chi connectivity index (χ0) is 17.3. The highest BCUT2D eigenvalue weighted by molar-refractivity contribution is 6.03. The monoisotopic (exact) mass is 325 g/mol. The number of hydrogen-bond donors (Lipinski definition) is 1. The molecule has 2 aliphatic rings. The van der Waals surface area contributed by atoms with Gasteiger partial charge in [-0.25, -0.2) is 4.79 Å². The number of carbonyl (C=O) groups excluding carboxylic acids is 2. The van der Waals surface area contributed by atoms with Crippen molar-refractivity contribution in [2.24, 2.45) is 5.41 Å². The maximum absolute atomic E-state index is 12.7. The lowest BCUT2D eigenvalue weighted by Gasteiger charge is -2.34. The van der Waals surface area contributed by atoms with Crippen LogP contribution in [0.4, 0.5) is 5.69 Å². The van der Waals surface area contributed by atoms with Crippen LogP contribution in [0.15, 0.2) is 41.1 Å². The molecule has 0 spiro atoms. The van der Waals surface area contributed by atoms with Gasteiger partial charge in [0.1, 0.15) is 0 Å². The highest BCUT2D eigenvalue weighted by Crippen LogP contribution is 2.40. The van der Waals surface area contributed by atoms with E-state index in [0.717, 1.165) is 23.4 Å². The minimum absolute atomic E-state index is 0.0785. The number of benzene rings is 1. The number of allylic oxidation sites excluding steroid dienone is 2. The van der Waals surface area contributed by atoms with Crippen LogP contribution in [-0.2, 0) is 14.3 Å². The number of fused-ring (bicyclic) bond motifs is 1. The summed E-state index contributed by atoms with van der Waals surface area (Å²) < 4.78 is 5.19. The van der Waals surface area contributed by atoms with Crippen molar-refractivity contribution < 1.29 is 14.3 Å². The summed E-state index contributed by atoms with van der Waals surface area (Å²) in [5, 5.41) is 3.44. The largest absolute Gasteiger partial charge is 0.463 e. The van der Waals surface area contributed by atoms with Gasteiger partial charge in [0.2, 0.25) is 0 Å². The van der Waals surface area contributed by atoms with Gasteiger partial charge in [0.25, 0.3) is 0 Å². The molecule has 4 heteroatoms. The molecule has 0 atom stereocenters. The number of ketones is 1. The molecule has 1 aromatic rings. The standard InChI is InChI=1S/C20H23NO3/c1-4-24-19(23)14-9-13-7-5-6-8-16(13)21-17-11-20(2,3)12-18(22)15(17)10-14/h5-9,21H,4,10-12H2,1-3H3/b14-9+. The SMILES string of the molecule is CCOC(=O)/C1=C/c2ccccc2NC2=C(C1)C(=O)CC(C)(C)C2. The Kier molecular flexibility index (Phi) is 4.31. The molecule has 0 bridgehead atoms. The highest BCUT2D eigenvalue weighted by atomic mass is 16.5. The van der Waals surface area contributed by atoms with Crippen LogP contribution in [0.3, 0.4) is 0 Å². The van der Waals surface area contributed by atoms with Gasteiger partial charge in [0.05, 0.1) is 6.61 Å². The zero-order valence-corrected chi connectivity index (χ0v) is 14.4. The van der Waals surface area contributed by atoms with E-state index in [0.29, 0.717) is 30.6 Å². The highest BCUT2D eigenvalue weighted by Gasteiger charge is 2.34. The predicted molar refractivity (Wildman–Crippen MR) is 94.3 cm³/mol. The van der Waals surface area contributed by atoms with Crippen molar-refractivity contribution >= 4 is 23.5 Å². The van der Waals surface area contributed by atoms with Gasteiger partial charge < -0.3 is 10.1 Å². The molecule has 0 saturated carbocycles. The maximum Gasteiger partial charge on any atom is 0.334 e. The summed E-state index contributed by atoms with van der Waals surface area (Å²) in [6, 6.07) is 7.81. The smallest absolute Gasteiger partial charge is 0.334 e. The Morgan fingerprint density at radius 3 is 2.75 bits per heavy atom. The third-order valence-electron chi connectivity index (χ3n) is 4.48. The number of rotatable bonds is 2. The molecule has 0 aromatic heterocycles. The van der Waals surface area contributed by atoms with E-state index < -0.39 is 0 Å². The Morgan fingerprint density at radius 1 is 1.25 bits per heavy atom. The van der Waals surface area contributed by atoms with Gasteiger partial charge in [0, 0.05) is 35.4 Å². The molecule has 0 saturated heterocycles. The fraction of sp³-hybridized carbons (Fsp3) is 0.400. The molecule has 1 aliphatic heterocycles. The molecular weight excluding hydrogens is 302 g/mol. The van der Waals surface area contributed by atoms with Gasteiger partial charge in [-0.3, -0.25) is 4.79 Å². The normalized spacial score (nSPS) is 21.5. The van der Waals surface area contributed by atoms with Crippen molar-refractivity contribution in [3.63, 3.8) is 0 Å². The predicted octanol–water partition coefficient (Wildman–Crippen LogP) is 4.09. The summed E-state index contributed by atoms with van der Waals surface area (Å²) in [5.41, 5.74) is 3.94. The van der Waals surface area contributed by atoms with Crippen LogP contribution < -0.4 is 5.32 Å². The number of para-hydroxylation sites is 1. The molecule has 1 aromatic carbocycles. The summed E-state index contributed by atoms with van der Waals surface area (Å²) in [7, 11) is 0. The van der Waals surface area contributed by atoms with E-state index in [1.165, 1.54) is 0 Å². The summed E-state index contributed by atoms with van der Waals surface area (Å²) in [5.74, 6) is -0.234. The van der Waals surface area contributed by atoms with Gasteiger partial charge in [-0.2, -0.15) is 0 Å². The number of carbonyl (C=O) groups is 2. The molecule has 1 aliphatic carbocycles. The third-order valence-corrected chi connectivity index (χ3v) is 4.48. The second kappa shape index (κ2) is 6.27. The van der Waals surface area contributed by atoms with E-state index in [1.807, 2.05) is 30.3 Å². The molecule has 24 heavy (non-hydrogen) atoms. The number of anilines is 1. The van der Waals surface area contributed by atoms with E-state index in [1.54, 1.807) is 6.92 Å². The number of esters is 1. The molecule has 126 valence electrons. The average Bonchev–Trinajstić information content (AvgIpc) is 2.48. The Bertz CT molecular complexity index is 756. The van der Waals surface area contributed by atoms with Crippen LogP contribution >= 0.6 is 0 Å². The average molecular weight is 325 g/mol. The van der Waals surface area contributed by atoms with Crippen molar-refractivity contribution in [1.29, 1.82) is 0 Å². The summed E-state index contributed by atoms with van der Waals surface area (Å²) in [4.78, 5) is 25.0. The third kappa shape index (κ3) is 3.28. The minimum atomic E-state index is -0.348. The quantitative estimate of drug-likeness (QED) is 0.832. The second-order valence-corrected chi connectivity index (χ2v) is 7.18. The molecule has 3 rings (SSSR count). The van der Waals surface area contributed by atoms with Crippen LogP contribution in [0.2, 0.25) is 0 Å². The van der Waals surface area contributed by atoms with Crippen molar-refractivity contribution in [2.45, 2.75) is 40.0 Å². The fourth-order valence-corrected chi connectivity index (χ4v) is 3.37. The lowest BCUT2D eigenvalue weighted by atomic mass is 9.74.